The molecule has 0 aliphatic carbocycles. The number of likely N-dealkylation sites (tertiary alicyclic amines) is 1. The van der Waals surface area contributed by atoms with E-state index in [1.807, 2.05) is 29.2 Å². The van der Waals surface area contributed by atoms with Crippen LogP contribution >= 0.6 is 11.6 Å². The lowest BCUT2D eigenvalue weighted by molar-refractivity contribution is -0.0704. The number of benzene rings is 2. The van der Waals surface area contributed by atoms with Gasteiger partial charge in [-0.2, -0.15) is 0 Å². The minimum atomic E-state index is -0.247. The quantitative estimate of drug-likeness (QED) is 0.724. The summed E-state index contributed by atoms with van der Waals surface area (Å²) in [5.41, 5.74) is 2.61. The molecule has 2 aromatic rings. The number of ether oxygens (including phenoxy) is 1. The van der Waals surface area contributed by atoms with E-state index in [-0.39, 0.29) is 24.0 Å². The first kappa shape index (κ1) is 22.8. The summed E-state index contributed by atoms with van der Waals surface area (Å²) in [6, 6.07) is 12.6. The summed E-state index contributed by atoms with van der Waals surface area (Å²) in [6.45, 7) is 8.28. The molecule has 2 amide bonds. The predicted molar refractivity (Wildman–Crippen MR) is 126 cm³/mol. The molecule has 2 aliphatic heterocycles. The maximum absolute atomic E-state index is 12.9. The van der Waals surface area contributed by atoms with E-state index < -0.39 is 0 Å². The van der Waals surface area contributed by atoms with Gasteiger partial charge >= 0.3 is 0 Å². The lowest BCUT2D eigenvalue weighted by Gasteiger charge is -2.35. The SMILES string of the molecule is CC1CN(Cc2ccc(C(=O)Nc3ccc(Cl)cc3C(=O)N3CCCC3)cc2)CC(C)O1. The van der Waals surface area contributed by atoms with Gasteiger partial charge in [-0.3, -0.25) is 14.5 Å². The number of carbonyl (C=O) groups is 2. The van der Waals surface area contributed by atoms with E-state index in [1.165, 1.54) is 0 Å². The van der Waals surface area contributed by atoms with Gasteiger partial charge in [0.1, 0.15) is 0 Å². The molecule has 2 saturated heterocycles. The molecule has 2 aromatic carbocycles. The molecule has 2 atom stereocenters. The summed E-state index contributed by atoms with van der Waals surface area (Å²) in [4.78, 5) is 30.0. The Morgan fingerprint density at radius 3 is 2.34 bits per heavy atom. The molecule has 32 heavy (non-hydrogen) atoms. The van der Waals surface area contributed by atoms with Gasteiger partial charge in [0.05, 0.1) is 23.5 Å². The number of rotatable bonds is 5. The first-order chi connectivity index (χ1) is 15.4. The zero-order valence-electron chi connectivity index (χ0n) is 18.6. The third-order valence-corrected chi connectivity index (χ3v) is 6.21. The van der Waals surface area contributed by atoms with E-state index in [1.54, 1.807) is 18.2 Å². The minimum Gasteiger partial charge on any atom is -0.373 e. The molecule has 170 valence electrons. The first-order valence-corrected chi connectivity index (χ1v) is 11.6. The van der Waals surface area contributed by atoms with E-state index in [4.69, 9.17) is 16.3 Å². The van der Waals surface area contributed by atoms with Crippen molar-refractivity contribution in [3.05, 3.63) is 64.2 Å². The Hall–Kier alpha value is -2.41. The smallest absolute Gasteiger partial charge is 0.256 e. The normalized spacial score (nSPS) is 21.5. The van der Waals surface area contributed by atoms with Gasteiger partial charge in [0.15, 0.2) is 0 Å². The Kier molecular flexibility index (Phi) is 7.13. The Morgan fingerprint density at radius 1 is 1.03 bits per heavy atom. The number of hydrogen-bond donors (Lipinski definition) is 1. The lowest BCUT2D eigenvalue weighted by Crippen LogP contribution is -2.44. The fourth-order valence-corrected chi connectivity index (χ4v) is 4.69. The second-order valence-corrected chi connectivity index (χ2v) is 9.23. The Bertz CT molecular complexity index is 963. The third-order valence-electron chi connectivity index (χ3n) is 5.97. The summed E-state index contributed by atoms with van der Waals surface area (Å²) in [6.07, 6.45) is 2.45. The van der Waals surface area contributed by atoms with Crippen LogP contribution in [0, 0.1) is 0 Å². The zero-order valence-corrected chi connectivity index (χ0v) is 19.4. The summed E-state index contributed by atoms with van der Waals surface area (Å²) in [5, 5.41) is 3.37. The average Bonchev–Trinajstić information content (AvgIpc) is 3.29. The minimum absolute atomic E-state index is 0.0929. The van der Waals surface area contributed by atoms with Crippen molar-refractivity contribution in [3.8, 4) is 0 Å². The monoisotopic (exact) mass is 455 g/mol. The van der Waals surface area contributed by atoms with E-state index in [0.29, 0.717) is 21.8 Å². The molecule has 0 bridgehead atoms. The zero-order chi connectivity index (χ0) is 22.7. The number of nitrogens with zero attached hydrogens (tertiary/aromatic N) is 2. The topological polar surface area (TPSA) is 61.9 Å². The fraction of sp³-hybridized carbons (Fsp3) is 0.440. The lowest BCUT2D eigenvalue weighted by atomic mass is 10.1. The molecule has 6 nitrogen and oxygen atoms in total. The van der Waals surface area contributed by atoms with Crippen LogP contribution in [-0.4, -0.2) is 60.0 Å². The van der Waals surface area contributed by atoms with Gasteiger partial charge in [-0.05, 0) is 62.6 Å². The molecule has 7 heteroatoms. The highest BCUT2D eigenvalue weighted by molar-refractivity contribution is 6.31. The molecular weight excluding hydrogens is 426 g/mol. The van der Waals surface area contributed by atoms with Gasteiger partial charge in [0.2, 0.25) is 0 Å². The largest absolute Gasteiger partial charge is 0.373 e. The van der Waals surface area contributed by atoms with Crippen molar-refractivity contribution in [1.82, 2.24) is 9.80 Å². The molecule has 2 fully saturated rings. The Balaban J connectivity index is 1.43. The van der Waals surface area contributed by atoms with Gasteiger partial charge in [-0.25, -0.2) is 0 Å². The third kappa shape index (κ3) is 5.49. The number of amides is 2. The first-order valence-electron chi connectivity index (χ1n) is 11.3. The van der Waals surface area contributed by atoms with Crippen molar-refractivity contribution in [2.45, 2.75) is 45.4 Å². The molecule has 2 unspecified atom stereocenters. The maximum Gasteiger partial charge on any atom is 0.256 e. The molecule has 0 radical (unpaired) electrons. The fourth-order valence-electron chi connectivity index (χ4n) is 4.52. The van der Waals surface area contributed by atoms with Crippen molar-refractivity contribution in [2.24, 2.45) is 0 Å². The van der Waals surface area contributed by atoms with Crippen LogP contribution in [0.5, 0.6) is 0 Å². The van der Waals surface area contributed by atoms with E-state index in [0.717, 1.165) is 51.1 Å². The number of morpholine rings is 1. The molecule has 4 rings (SSSR count). The molecule has 0 saturated carbocycles. The van der Waals surface area contributed by atoms with Crippen molar-refractivity contribution >= 4 is 29.1 Å². The van der Waals surface area contributed by atoms with Gasteiger partial charge in [-0.1, -0.05) is 23.7 Å². The van der Waals surface area contributed by atoms with Crippen LogP contribution in [0.3, 0.4) is 0 Å². The highest BCUT2D eigenvalue weighted by Crippen LogP contribution is 2.25. The van der Waals surface area contributed by atoms with Crippen LogP contribution in [0.4, 0.5) is 5.69 Å². The van der Waals surface area contributed by atoms with Crippen LogP contribution in [0.1, 0.15) is 53.0 Å². The second kappa shape index (κ2) is 10.0. The molecule has 0 spiro atoms. The Labute approximate surface area is 194 Å². The molecular formula is C25H30ClN3O3. The van der Waals surface area contributed by atoms with Crippen molar-refractivity contribution in [3.63, 3.8) is 0 Å². The van der Waals surface area contributed by atoms with Crippen LogP contribution in [-0.2, 0) is 11.3 Å². The highest BCUT2D eigenvalue weighted by Gasteiger charge is 2.24. The number of halogens is 1. The highest BCUT2D eigenvalue weighted by atomic mass is 35.5. The van der Waals surface area contributed by atoms with Gasteiger partial charge in [0, 0.05) is 43.3 Å². The molecule has 2 heterocycles. The average molecular weight is 456 g/mol. The van der Waals surface area contributed by atoms with Crippen LogP contribution in [0.15, 0.2) is 42.5 Å². The standard InChI is InChI=1S/C25H30ClN3O3/c1-17-14-28(15-18(2)32-17)16-19-5-7-20(8-6-19)24(30)27-23-10-9-21(26)13-22(23)25(31)29-11-3-4-12-29/h5-10,13,17-18H,3-4,11-12,14-16H2,1-2H3,(H,27,30). The van der Waals surface area contributed by atoms with Crippen LogP contribution < -0.4 is 5.32 Å². The van der Waals surface area contributed by atoms with Gasteiger partial charge in [0.25, 0.3) is 11.8 Å². The summed E-state index contributed by atoms with van der Waals surface area (Å²) >= 11 is 6.14. The maximum atomic E-state index is 12.9. The summed E-state index contributed by atoms with van der Waals surface area (Å²) in [5.74, 6) is -0.340. The molecule has 0 aromatic heterocycles. The predicted octanol–water partition coefficient (Wildman–Crippen LogP) is 4.44. The number of nitrogens with one attached hydrogen (secondary N) is 1. The Morgan fingerprint density at radius 2 is 1.69 bits per heavy atom. The van der Waals surface area contributed by atoms with Gasteiger partial charge in [-0.15, -0.1) is 0 Å². The second-order valence-electron chi connectivity index (χ2n) is 8.79. The number of carbonyl (C=O) groups excluding carboxylic acids is 2. The molecule has 2 aliphatic rings. The van der Waals surface area contributed by atoms with E-state index in [9.17, 15) is 9.59 Å². The molecule has 1 N–H and O–H groups in total. The van der Waals surface area contributed by atoms with E-state index >= 15 is 0 Å². The van der Waals surface area contributed by atoms with Crippen molar-refractivity contribution in [1.29, 1.82) is 0 Å². The van der Waals surface area contributed by atoms with E-state index in [2.05, 4.69) is 24.1 Å². The number of anilines is 1. The number of hydrogen-bond acceptors (Lipinski definition) is 4. The van der Waals surface area contributed by atoms with Crippen molar-refractivity contribution in [2.75, 3.05) is 31.5 Å². The summed E-state index contributed by atoms with van der Waals surface area (Å²) < 4.78 is 5.80. The van der Waals surface area contributed by atoms with Gasteiger partial charge < -0.3 is 15.0 Å². The van der Waals surface area contributed by atoms with Crippen LogP contribution in [0.2, 0.25) is 5.02 Å². The summed E-state index contributed by atoms with van der Waals surface area (Å²) in [7, 11) is 0. The van der Waals surface area contributed by atoms with Crippen LogP contribution in [0.25, 0.3) is 0 Å². The van der Waals surface area contributed by atoms with Crippen molar-refractivity contribution < 1.29 is 14.3 Å².